The molecule has 3 amide bonds. The summed E-state index contributed by atoms with van der Waals surface area (Å²) in [6, 6.07) is 6.28. The lowest BCUT2D eigenvalue weighted by molar-refractivity contribution is -0.127. The van der Waals surface area contributed by atoms with Crippen molar-refractivity contribution in [2.24, 2.45) is 11.8 Å². The molecule has 1 aromatic rings. The summed E-state index contributed by atoms with van der Waals surface area (Å²) in [6.45, 7) is 17.5. The van der Waals surface area contributed by atoms with Crippen molar-refractivity contribution in [2.45, 2.75) is 71.9 Å². The Bertz CT molecular complexity index is 1600. The van der Waals surface area contributed by atoms with Crippen LogP contribution in [0.15, 0.2) is 24.3 Å². The number of rotatable bonds is 56. The van der Waals surface area contributed by atoms with Crippen LogP contribution in [0.5, 0.6) is 0 Å². The second kappa shape index (κ2) is 51.6. The van der Waals surface area contributed by atoms with Crippen molar-refractivity contribution in [1.82, 2.24) is 10.2 Å². The van der Waals surface area contributed by atoms with Crippen molar-refractivity contribution >= 4 is 35.2 Å². The van der Waals surface area contributed by atoms with E-state index in [2.05, 4.69) is 10.6 Å². The molecule has 0 saturated heterocycles. The zero-order valence-corrected chi connectivity index (χ0v) is 47.2. The molecule has 0 aliphatic heterocycles. The smallest absolute Gasteiger partial charge is 0.410 e. The van der Waals surface area contributed by atoms with Gasteiger partial charge in [0.25, 0.3) is 0 Å². The largest absolute Gasteiger partial charge is 0.445 e. The van der Waals surface area contributed by atoms with Gasteiger partial charge in [-0.05, 0) is 43.4 Å². The van der Waals surface area contributed by atoms with Gasteiger partial charge >= 0.3 is 6.09 Å². The van der Waals surface area contributed by atoms with Gasteiger partial charge in [-0.15, -0.1) is 0 Å². The summed E-state index contributed by atoms with van der Waals surface area (Å²) >= 11 is 0. The Morgan fingerprint density at radius 2 is 0.896 bits per heavy atom. The number of amides is 3. The highest BCUT2D eigenvalue weighted by Gasteiger charge is 2.28. The summed E-state index contributed by atoms with van der Waals surface area (Å²) in [6.07, 6.45) is 1.57. The quantitative estimate of drug-likeness (QED) is 0.0877. The molecule has 77 heavy (non-hydrogen) atoms. The van der Waals surface area contributed by atoms with E-state index < -0.39 is 18.1 Å². The SMILES string of the molecule is COCCOCCOCCOCCOCCOCCOCCOCCOCCOCCOCCOCCOCCC(=O)NCCCC[C@H](CC(=O)CCOC)C(=O)Nc1ccc(COC(=O)N(C)[C@H](C(C)=O)C(C)C)cc1. The summed E-state index contributed by atoms with van der Waals surface area (Å²) in [5.41, 5.74) is 1.23. The van der Waals surface area contributed by atoms with E-state index in [1.807, 2.05) is 13.8 Å². The van der Waals surface area contributed by atoms with Crippen molar-refractivity contribution in [2.75, 3.05) is 205 Å². The van der Waals surface area contributed by atoms with Crippen LogP contribution in [0.2, 0.25) is 0 Å². The maximum atomic E-state index is 13.3. The van der Waals surface area contributed by atoms with E-state index in [4.69, 9.17) is 71.1 Å². The molecule has 0 aliphatic rings. The fourth-order valence-corrected chi connectivity index (χ4v) is 7.06. The zero-order valence-electron chi connectivity index (χ0n) is 47.2. The average Bonchev–Trinajstić information content (AvgIpc) is 3.41. The molecule has 0 fully saturated rings. The Labute approximate surface area is 457 Å². The van der Waals surface area contributed by atoms with Crippen LogP contribution in [0.25, 0.3) is 0 Å². The molecule has 0 radical (unpaired) electrons. The van der Waals surface area contributed by atoms with E-state index >= 15 is 0 Å². The molecule has 0 unspecified atom stereocenters. The number of nitrogens with zero attached hydrogens (tertiary/aromatic N) is 1. The number of nitrogens with one attached hydrogen (secondary N) is 2. The molecule has 0 bridgehead atoms. The molecule has 1 rings (SSSR count). The third-order valence-corrected chi connectivity index (χ3v) is 11.1. The Morgan fingerprint density at radius 1 is 0.506 bits per heavy atom. The van der Waals surface area contributed by atoms with Crippen LogP contribution in [0.3, 0.4) is 0 Å². The second-order valence-electron chi connectivity index (χ2n) is 17.8. The van der Waals surface area contributed by atoms with Gasteiger partial charge < -0.3 is 86.6 Å². The number of hydrogen-bond donors (Lipinski definition) is 2. The Morgan fingerprint density at radius 3 is 1.27 bits per heavy atom. The number of benzene rings is 1. The van der Waals surface area contributed by atoms with E-state index in [0.717, 1.165) is 0 Å². The van der Waals surface area contributed by atoms with E-state index in [-0.39, 0.29) is 68.4 Å². The third-order valence-electron chi connectivity index (χ3n) is 11.1. The summed E-state index contributed by atoms with van der Waals surface area (Å²) < 4.78 is 81.1. The van der Waals surface area contributed by atoms with Gasteiger partial charge in [-0.25, -0.2) is 4.79 Å². The molecule has 446 valence electrons. The molecule has 23 nitrogen and oxygen atoms in total. The topological polar surface area (TPSA) is 251 Å². The Balaban J connectivity index is 1.97. The predicted octanol–water partition coefficient (Wildman–Crippen LogP) is 3.94. The summed E-state index contributed by atoms with van der Waals surface area (Å²) in [5.74, 6) is -1.25. The van der Waals surface area contributed by atoms with Crippen LogP contribution in [0, 0.1) is 11.8 Å². The number of anilines is 1. The molecule has 2 atom stereocenters. The summed E-state index contributed by atoms with van der Waals surface area (Å²) in [4.78, 5) is 64.2. The Hall–Kier alpha value is -3.79. The fourth-order valence-electron chi connectivity index (χ4n) is 7.06. The molecule has 2 N–H and O–H groups in total. The molecular formula is C54H95N3O20. The number of Topliss-reactive ketones (excluding diaryl/α,β-unsaturated/α-hetero) is 2. The van der Waals surface area contributed by atoms with Crippen molar-refractivity contribution < 1.29 is 95.0 Å². The van der Waals surface area contributed by atoms with Crippen LogP contribution < -0.4 is 10.6 Å². The number of likely N-dealkylation sites (N-methyl/N-ethyl adjacent to an activating group) is 1. The van der Waals surface area contributed by atoms with Crippen LogP contribution in [-0.2, 0) is 96.8 Å². The first kappa shape index (κ1) is 71.2. The normalized spacial score (nSPS) is 12.2. The molecule has 0 aliphatic carbocycles. The zero-order chi connectivity index (χ0) is 56.2. The minimum atomic E-state index is -0.605. The monoisotopic (exact) mass is 1110 g/mol. The van der Waals surface area contributed by atoms with Crippen molar-refractivity contribution in [3.05, 3.63) is 29.8 Å². The van der Waals surface area contributed by atoms with Gasteiger partial charge in [0.05, 0.1) is 178 Å². The number of carbonyl (C=O) groups is 5. The first-order valence-electron chi connectivity index (χ1n) is 27.0. The molecule has 1 aromatic carbocycles. The van der Waals surface area contributed by atoms with E-state index in [0.29, 0.717) is 196 Å². The number of carbonyl (C=O) groups excluding carboxylic acids is 5. The van der Waals surface area contributed by atoms with Gasteiger partial charge in [-0.1, -0.05) is 32.4 Å². The highest BCUT2D eigenvalue weighted by Crippen LogP contribution is 2.19. The van der Waals surface area contributed by atoms with Crippen LogP contribution >= 0.6 is 0 Å². The van der Waals surface area contributed by atoms with Crippen molar-refractivity contribution in [3.63, 3.8) is 0 Å². The molecule has 0 aromatic heterocycles. The number of methoxy groups -OCH3 is 2. The van der Waals surface area contributed by atoms with E-state index in [9.17, 15) is 24.0 Å². The van der Waals surface area contributed by atoms with E-state index in [1.54, 1.807) is 38.4 Å². The second-order valence-corrected chi connectivity index (χ2v) is 17.8. The third kappa shape index (κ3) is 42.8. The molecule has 23 heteroatoms. The first-order chi connectivity index (χ1) is 37.5. The minimum absolute atomic E-state index is 0.00970. The van der Waals surface area contributed by atoms with Crippen LogP contribution in [-0.4, -0.2) is 240 Å². The van der Waals surface area contributed by atoms with Gasteiger partial charge in [-0.2, -0.15) is 0 Å². The number of hydrogen-bond acceptors (Lipinski definition) is 20. The number of ether oxygens (including phenoxy) is 15. The van der Waals surface area contributed by atoms with Crippen LogP contribution in [0.1, 0.15) is 64.9 Å². The van der Waals surface area contributed by atoms with E-state index in [1.165, 1.54) is 18.9 Å². The lowest BCUT2D eigenvalue weighted by atomic mass is 9.94. The van der Waals surface area contributed by atoms with Gasteiger partial charge in [0.1, 0.15) is 12.4 Å². The minimum Gasteiger partial charge on any atom is -0.445 e. The van der Waals surface area contributed by atoms with Gasteiger partial charge in [0.2, 0.25) is 11.8 Å². The van der Waals surface area contributed by atoms with Gasteiger partial charge in [0, 0.05) is 58.7 Å². The first-order valence-corrected chi connectivity index (χ1v) is 27.0. The average molecular weight is 1110 g/mol. The van der Waals surface area contributed by atoms with Gasteiger partial charge in [-0.3, -0.25) is 19.2 Å². The summed E-state index contributed by atoms with van der Waals surface area (Å²) in [7, 11) is 4.70. The Kier molecular flexibility index (Phi) is 47.8. The van der Waals surface area contributed by atoms with Crippen molar-refractivity contribution in [3.8, 4) is 0 Å². The summed E-state index contributed by atoms with van der Waals surface area (Å²) in [5, 5.41) is 5.78. The lowest BCUT2D eigenvalue weighted by Crippen LogP contribution is -2.45. The highest BCUT2D eigenvalue weighted by molar-refractivity contribution is 5.95. The van der Waals surface area contributed by atoms with Crippen molar-refractivity contribution in [1.29, 1.82) is 0 Å². The standard InChI is InChI=1S/C54H95N3O20/c1-45(2)52(46(3)58)57(4)54(62)77-44-47-10-12-49(13-11-47)56-53(61)48(43-50(59)14-17-63-5)9-7-8-16-55-51(60)15-18-65-21-22-67-25-26-69-29-30-71-33-34-73-37-38-75-41-42-76-40-39-74-36-35-72-32-31-70-28-27-68-24-23-66-20-19-64-6/h10-13,45,48,52H,7-9,14-44H2,1-6H3,(H,55,60)(H,56,61)/t48-,52+/m1/s1. The molecule has 0 saturated carbocycles. The van der Waals surface area contributed by atoms with Gasteiger partial charge in [0.15, 0.2) is 5.78 Å². The maximum Gasteiger partial charge on any atom is 0.410 e. The number of ketones is 2. The molecule has 0 spiro atoms. The predicted molar refractivity (Wildman–Crippen MR) is 285 cm³/mol. The molecular weight excluding hydrogens is 1010 g/mol. The highest BCUT2D eigenvalue weighted by atomic mass is 16.6. The fraction of sp³-hybridized carbons (Fsp3) is 0.796. The molecule has 0 heterocycles. The lowest BCUT2D eigenvalue weighted by Gasteiger charge is -2.28. The maximum absolute atomic E-state index is 13.3. The van der Waals surface area contributed by atoms with Crippen LogP contribution in [0.4, 0.5) is 10.5 Å². The number of unbranched alkanes of at least 4 members (excludes halogenated alkanes) is 1.